The van der Waals surface area contributed by atoms with Crippen LogP contribution in [0.3, 0.4) is 0 Å². The molecule has 0 bridgehead atoms. The van der Waals surface area contributed by atoms with E-state index in [4.69, 9.17) is 0 Å². The van der Waals surface area contributed by atoms with Crippen LogP contribution in [0.4, 0.5) is 4.39 Å². The van der Waals surface area contributed by atoms with Gasteiger partial charge in [0.25, 0.3) is 5.91 Å². The molecule has 1 amide bonds. The number of carbonyl (C=O) groups excluding carboxylic acids is 2. The summed E-state index contributed by atoms with van der Waals surface area (Å²) < 4.78 is 15.1. The van der Waals surface area contributed by atoms with Crippen LogP contribution in [0.2, 0.25) is 0 Å². The molecule has 0 spiro atoms. The van der Waals surface area contributed by atoms with Crippen molar-refractivity contribution in [3.63, 3.8) is 0 Å². The van der Waals surface area contributed by atoms with Gasteiger partial charge in [0.05, 0.1) is 17.9 Å². The first-order valence-corrected chi connectivity index (χ1v) is 11.7. The summed E-state index contributed by atoms with van der Waals surface area (Å²) in [4.78, 5) is 23.7. The fourth-order valence-electron chi connectivity index (χ4n) is 3.84. The maximum atomic E-state index is 13.5. The van der Waals surface area contributed by atoms with Gasteiger partial charge in [-0.2, -0.15) is 5.10 Å². The minimum Gasteiger partial charge on any atom is -0.550 e. The van der Waals surface area contributed by atoms with E-state index in [-0.39, 0.29) is 59.9 Å². The molecule has 1 aromatic heterocycles. The summed E-state index contributed by atoms with van der Waals surface area (Å²) in [5, 5.41) is 38.3. The Hall–Kier alpha value is -1.78. The Morgan fingerprint density at radius 2 is 1.71 bits per heavy atom. The van der Waals surface area contributed by atoms with E-state index in [2.05, 4.69) is 24.3 Å². The SMILES string of the molecule is CC(C)CCNC(=O)c1nn(-c2ccc(F)cc2)c(CC[C@@H](O)C[C@@H](O)CC(=O)[O-])c1C(C)C.[Na+]. The number of rotatable bonds is 13. The fourth-order valence-corrected chi connectivity index (χ4v) is 3.84. The number of carboxylic acid groups (broad SMARTS) is 1. The van der Waals surface area contributed by atoms with Crippen LogP contribution in [0.1, 0.15) is 81.0 Å². The molecule has 1 heterocycles. The standard InChI is InChI=1S/C25H36FN3O5.Na/c1-15(2)11-12-27-25(34)24-23(16(3)4)21(10-9-19(30)13-20(31)14-22(32)33)29(28-24)18-7-5-17(26)6-8-18;/h5-8,15-16,19-20,30-31H,9-14H2,1-4H3,(H,27,34)(H,32,33);/q;+1/p-1/t19-,20-;/m1./s1. The summed E-state index contributed by atoms with van der Waals surface area (Å²) in [6, 6.07) is 5.75. The topological polar surface area (TPSA) is 128 Å². The van der Waals surface area contributed by atoms with E-state index in [1.807, 2.05) is 13.8 Å². The summed E-state index contributed by atoms with van der Waals surface area (Å²) in [6.07, 6.45) is -1.49. The zero-order valence-electron chi connectivity index (χ0n) is 21.3. The number of carboxylic acids is 1. The third-order valence-corrected chi connectivity index (χ3v) is 5.55. The summed E-state index contributed by atoms with van der Waals surface area (Å²) in [5.41, 5.74) is 2.29. The summed E-state index contributed by atoms with van der Waals surface area (Å²) >= 11 is 0. The van der Waals surface area contributed by atoms with Gasteiger partial charge in [0, 0.05) is 30.2 Å². The van der Waals surface area contributed by atoms with Crippen LogP contribution < -0.4 is 40.0 Å². The van der Waals surface area contributed by atoms with E-state index in [9.17, 15) is 29.3 Å². The predicted octanol–water partition coefficient (Wildman–Crippen LogP) is -0.901. The van der Waals surface area contributed by atoms with Gasteiger partial charge in [-0.1, -0.05) is 27.7 Å². The van der Waals surface area contributed by atoms with E-state index >= 15 is 0 Å². The van der Waals surface area contributed by atoms with E-state index in [1.165, 1.54) is 12.1 Å². The van der Waals surface area contributed by atoms with Crippen molar-refractivity contribution in [2.75, 3.05) is 6.54 Å². The number of hydrogen-bond acceptors (Lipinski definition) is 6. The predicted molar refractivity (Wildman–Crippen MR) is 124 cm³/mol. The van der Waals surface area contributed by atoms with Gasteiger partial charge in [0.1, 0.15) is 5.82 Å². The second kappa shape index (κ2) is 14.7. The number of aromatic nitrogens is 2. The minimum atomic E-state index is -1.38. The number of nitrogens with one attached hydrogen (secondary N) is 1. The second-order valence-corrected chi connectivity index (χ2v) is 9.35. The van der Waals surface area contributed by atoms with Crippen LogP contribution in [-0.4, -0.2) is 50.6 Å². The van der Waals surface area contributed by atoms with Gasteiger partial charge in [0.2, 0.25) is 0 Å². The molecule has 0 saturated carbocycles. The third kappa shape index (κ3) is 9.65. The molecule has 8 nitrogen and oxygen atoms in total. The molecular formula is C25H35FN3NaO5. The number of amides is 1. The van der Waals surface area contributed by atoms with Crippen LogP contribution in [-0.2, 0) is 11.2 Å². The molecule has 10 heteroatoms. The molecule has 3 N–H and O–H groups in total. The normalized spacial score (nSPS) is 12.9. The number of halogens is 1. The Bertz CT molecular complexity index is 963. The van der Waals surface area contributed by atoms with Gasteiger partial charge in [-0.15, -0.1) is 0 Å². The first-order valence-electron chi connectivity index (χ1n) is 11.7. The average Bonchev–Trinajstić information content (AvgIpc) is 3.11. The van der Waals surface area contributed by atoms with Gasteiger partial charge in [0.15, 0.2) is 5.69 Å². The largest absolute Gasteiger partial charge is 1.00 e. The Balaban J connectivity index is 0.00000612. The van der Waals surface area contributed by atoms with E-state index in [0.29, 0.717) is 30.3 Å². The van der Waals surface area contributed by atoms with Gasteiger partial charge < -0.3 is 25.4 Å². The van der Waals surface area contributed by atoms with Gasteiger partial charge in [-0.05, 0) is 61.8 Å². The monoisotopic (exact) mass is 499 g/mol. The molecule has 0 aliphatic carbocycles. The zero-order valence-corrected chi connectivity index (χ0v) is 23.3. The molecule has 0 saturated heterocycles. The van der Waals surface area contributed by atoms with Gasteiger partial charge in [-0.3, -0.25) is 4.79 Å². The Kier molecular flexibility index (Phi) is 13.1. The summed E-state index contributed by atoms with van der Waals surface area (Å²) in [5.74, 6) is -1.70. The Labute approximate surface area is 228 Å². The van der Waals surface area contributed by atoms with Crippen molar-refractivity contribution in [2.45, 2.75) is 77.9 Å². The number of nitrogens with zero attached hydrogens (tertiary/aromatic N) is 2. The number of hydrogen-bond donors (Lipinski definition) is 3. The first kappa shape index (κ1) is 31.3. The molecule has 188 valence electrons. The molecule has 0 aliphatic heterocycles. The smallest absolute Gasteiger partial charge is 0.550 e. The third-order valence-electron chi connectivity index (χ3n) is 5.55. The van der Waals surface area contributed by atoms with Crippen molar-refractivity contribution in [1.82, 2.24) is 15.1 Å². The zero-order chi connectivity index (χ0) is 25.4. The molecular weight excluding hydrogens is 464 g/mol. The molecule has 0 unspecified atom stereocenters. The minimum absolute atomic E-state index is 0. The van der Waals surface area contributed by atoms with Crippen molar-refractivity contribution in [3.05, 3.63) is 47.0 Å². The van der Waals surface area contributed by atoms with E-state index < -0.39 is 30.4 Å². The van der Waals surface area contributed by atoms with Crippen molar-refractivity contribution in [2.24, 2.45) is 5.92 Å². The van der Waals surface area contributed by atoms with Crippen molar-refractivity contribution in [3.8, 4) is 5.69 Å². The average molecular weight is 500 g/mol. The van der Waals surface area contributed by atoms with Crippen LogP contribution in [0.15, 0.2) is 24.3 Å². The van der Waals surface area contributed by atoms with Crippen molar-refractivity contribution < 1.29 is 58.9 Å². The Morgan fingerprint density at radius 1 is 1.09 bits per heavy atom. The molecule has 35 heavy (non-hydrogen) atoms. The summed E-state index contributed by atoms with van der Waals surface area (Å²) in [7, 11) is 0. The van der Waals surface area contributed by atoms with E-state index in [0.717, 1.165) is 12.0 Å². The van der Waals surface area contributed by atoms with Crippen molar-refractivity contribution >= 4 is 11.9 Å². The molecule has 1 aromatic carbocycles. The number of aliphatic hydroxyl groups excluding tert-OH is 2. The molecule has 2 rings (SSSR count). The van der Waals surface area contributed by atoms with Crippen LogP contribution >= 0.6 is 0 Å². The van der Waals surface area contributed by atoms with Gasteiger partial charge in [-0.25, -0.2) is 9.07 Å². The van der Waals surface area contributed by atoms with Crippen LogP contribution in [0, 0.1) is 11.7 Å². The molecule has 0 radical (unpaired) electrons. The maximum absolute atomic E-state index is 13.5. The molecule has 2 aromatic rings. The van der Waals surface area contributed by atoms with Crippen molar-refractivity contribution in [1.29, 1.82) is 0 Å². The molecule has 0 aliphatic rings. The number of aliphatic carboxylic acids is 1. The second-order valence-electron chi connectivity index (χ2n) is 9.35. The van der Waals surface area contributed by atoms with Gasteiger partial charge >= 0.3 is 29.6 Å². The first-order chi connectivity index (χ1) is 16.0. The maximum Gasteiger partial charge on any atom is 1.00 e. The van der Waals surface area contributed by atoms with E-state index in [1.54, 1.807) is 16.8 Å². The fraction of sp³-hybridized carbons (Fsp3) is 0.560. The van der Waals surface area contributed by atoms with Crippen LogP contribution in [0.5, 0.6) is 0 Å². The number of benzene rings is 1. The Morgan fingerprint density at radius 3 is 2.26 bits per heavy atom. The number of aliphatic hydroxyl groups is 2. The summed E-state index contributed by atoms with van der Waals surface area (Å²) in [6.45, 7) is 8.55. The quantitative estimate of drug-likeness (QED) is 0.307. The molecule has 2 atom stereocenters. The molecule has 0 fully saturated rings. The van der Waals surface area contributed by atoms with Crippen LogP contribution in [0.25, 0.3) is 5.69 Å². The number of carbonyl (C=O) groups is 2.